The number of halogens is 2. The summed E-state index contributed by atoms with van der Waals surface area (Å²) in [6.45, 7) is 0. The molecule has 16 heavy (non-hydrogen) atoms. The van der Waals surface area contributed by atoms with Crippen LogP contribution in [0.25, 0.3) is 0 Å². The number of nitriles is 2. The summed E-state index contributed by atoms with van der Waals surface area (Å²) in [6, 6.07) is 6.76. The number of hydrogen-bond donors (Lipinski definition) is 1. The predicted molar refractivity (Wildman–Crippen MR) is 62.7 cm³/mol. The molecule has 80 valence electrons. The summed E-state index contributed by atoms with van der Waals surface area (Å²) in [7, 11) is 0. The molecule has 0 unspecified atom stereocenters. The zero-order chi connectivity index (χ0) is 12.1. The molecule has 1 aromatic rings. The van der Waals surface area contributed by atoms with Gasteiger partial charge in [-0.3, -0.25) is 4.79 Å². The van der Waals surface area contributed by atoms with Crippen molar-refractivity contribution in [1.82, 2.24) is 0 Å². The van der Waals surface area contributed by atoms with Gasteiger partial charge in [-0.05, 0) is 28.1 Å². The normalized spacial score (nSPS) is 9.00. The van der Waals surface area contributed by atoms with Crippen LogP contribution in [0.4, 0.5) is 5.69 Å². The van der Waals surface area contributed by atoms with Gasteiger partial charge in [0.15, 0.2) is 0 Å². The van der Waals surface area contributed by atoms with E-state index in [1.54, 1.807) is 12.1 Å². The highest BCUT2D eigenvalue weighted by Gasteiger charge is 2.12. The van der Waals surface area contributed by atoms with E-state index in [2.05, 4.69) is 21.2 Å². The lowest BCUT2D eigenvalue weighted by molar-refractivity contribution is -0.115. The minimum Gasteiger partial charge on any atom is -0.323 e. The Hall–Kier alpha value is -1.56. The maximum absolute atomic E-state index is 11.2. The minimum atomic E-state index is -0.472. The first-order valence-electron chi connectivity index (χ1n) is 4.15. The fourth-order valence-corrected chi connectivity index (χ4v) is 1.81. The highest BCUT2D eigenvalue weighted by molar-refractivity contribution is 9.10. The lowest BCUT2D eigenvalue weighted by Crippen LogP contribution is -2.11. The van der Waals surface area contributed by atoms with Crippen LogP contribution in [0.2, 0.25) is 5.02 Å². The van der Waals surface area contributed by atoms with Crippen LogP contribution in [-0.2, 0) is 4.79 Å². The van der Waals surface area contributed by atoms with Gasteiger partial charge < -0.3 is 5.32 Å². The highest BCUT2D eigenvalue weighted by Crippen LogP contribution is 2.33. The number of nitrogens with zero attached hydrogens (tertiary/aromatic N) is 2. The molecule has 0 aliphatic heterocycles. The molecule has 0 aliphatic carbocycles. The smallest absolute Gasteiger partial charge is 0.238 e. The molecule has 6 heteroatoms. The van der Waals surface area contributed by atoms with Crippen LogP contribution in [0.5, 0.6) is 0 Å². The van der Waals surface area contributed by atoms with Crippen LogP contribution in [0.15, 0.2) is 16.6 Å². The summed E-state index contributed by atoms with van der Waals surface area (Å²) in [4.78, 5) is 11.2. The first kappa shape index (κ1) is 12.5. The maximum Gasteiger partial charge on any atom is 0.238 e. The lowest BCUT2D eigenvalue weighted by Gasteiger charge is -2.08. The molecule has 1 amide bonds. The highest BCUT2D eigenvalue weighted by atomic mass is 79.9. The maximum atomic E-state index is 11.2. The third kappa shape index (κ3) is 2.73. The minimum absolute atomic E-state index is 0.156. The largest absolute Gasteiger partial charge is 0.323 e. The Balaban J connectivity index is 3.10. The fourth-order valence-electron chi connectivity index (χ4n) is 1.01. The Morgan fingerprint density at radius 2 is 2.19 bits per heavy atom. The molecule has 0 aromatic heterocycles. The lowest BCUT2D eigenvalue weighted by atomic mass is 10.2. The van der Waals surface area contributed by atoms with E-state index in [0.29, 0.717) is 10.2 Å². The second-order valence-corrected chi connectivity index (χ2v) is 4.01. The number of amides is 1. The van der Waals surface area contributed by atoms with Crippen molar-refractivity contribution >= 4 is 39.1 Å². The summed E-state index contributed by atoms with van der Waals surface area (Å²) in [5.41, 5.74) is 0.568. The third-order valence-electron chi connectivity index (χ3n) is 1.72. The third-order valence-corrected chi connectivity index (χ3v) is 2.77. The average Bonchev–Trinajstić information content (AvgIpc) is 2.25. The Morgan fingerprint density at radius 1 is 1.50 bits per heavy atom. The molecule has 0 saturated heterocycles. The molecule has 4 nitrogen and oxygen atoms in total. The van der Waals surface area contributed by atoms with Gasteiger partial charge >= 0.3 is 0 Å². The number of hydrogen-bond acceptors (Lipinski definition) is 3. The average molecular weight is 299 g/mol. The Labute approximate surface area is 106 Å². The van der Waals surface area contributed by atoms with Gasteiger partial charge in [0.05, 0.1) is 22.3 Å². The SMILES string of the molecule is N#CCC(=O)Nc1c(Br)ccc(C#N)c1Cl. The van der Waals surface area contributed by atoms with Gasteiger partial charge in [-0.15, -0.1) is 0 Å². The predicted octanol–water partition coefficient (Wildman–Crippen LogP) is 2.83. The van der Waals surface area contributed by atoms with Crippen molar-refractivity contribution in [2.45, 2.75) is 6.42 Å². The van der Waals surface area contributed by atoms with Crippen molar-refractivity contribution in [3.05, 3.63) is 27.2 Å². The van der Waals surface area contributed by atoms with E-state index in [9.17, 15) is 4.79 Å². The van der Waals surface area contributed by atoms with Gasteiger partial charge in [0.1, 0.15) is 12.5 Å². The van der Waals surface area contributed by atoms with Crippen LogP contribution < -0.4 is 5.32 Å². The first-order chi connectivity index (χ1) is 7.60. The molecule has 0 heterocycles. The quantitative estimate of drug-likeness (QED) is 0.912. The van der Waals surface area contributed by atoms with Crippen molar-refractivity contribution in [3.8, 4) is 12.1 Å². The molecule has 0 aliphatic rings. The molecule has 0 saturated carbocycles. The molecule has 0 atom stereocenters. The van der Waals surface area contributed by atoms with Gasteiger partial charge in [0.25, 0.3) is 0 Å². The summed E-state index contributed by atoms with van der Waals surface area (Å²) in [6.07, 6.45) is -0.264. The van der Waals surface area contributed by atoms with E-state index < -0.39 is 5.91 Å². The molecule has 0 radical (unpaired) electrons. The molecule has 1 aromatic carbocycles. The van der Waals surface area contributed by atoms with Gasteiger partial charge in [-0.1, -0.05) is 11.6 Å². The Kier molecular flexibility index (Phi) is 4.30. The molecular weight excluding hydrogens is 293 g/mol. The van der Waals surface area contributed by atoms with Crippen molar-refractivity contribution in [2.75, 3.05) is 5.32 Å². The number of rotatable bonds is 2. The van der Waals surface area contributed by atoms with Gasteiger partial charge in [0.2, 0.25) is 5.91 Å². The monoisotopic (exact) mass is 297 g/mol. The van der Waals surface area contributed by atoms with Crippen LogP contribution in [-0.4, -0.2) is 5.91 Å². The van der Waals surface area contributed by atoms with E-state index in [4.69, 9.17) is 22.1 Å². The topological polar surface area (TPSA) is 76.7 Å². The van der Waals surface area contributed by atoms with Crippen molar-refractivity contribution in [1.29, 1.82) is 10.5 Å². The fraction of sp³-hybridized carbons (Fsp3) is 0.100. The molecule has 1 N–H and O–H groups in total. The van der Waals surface area contributed by atoms with Crippen molar-refractivity contribution < 1.29 is 4.79 Å². The van der Waals surface area contributed by atoms with E-state index in [1.165, 1.54) is 6.07 Å². The number of carbonyl (C=O) groups is 1. The van der Waals surface area contributed by atoms with Crippen LogP contribution in [0.3, 0.4) is 0 Å². The van der Waals surface area contributed by atoms with Crippen LogP contribution >= 0.6 is 27.5 Å². The summed E-state index contributed by atoms with van der Waals surface area (Å²) in [5, 5.41) is 19.7. The molecule has 1 rings (SSSR count). The molecule has 0 bridgehead atoms. The molecule has 0 fully saturated rings. The van der Waals surface area contributed by atoms with Crippen molar-refractivity contribution in [3.63, 3.8) is 0 Å². The van der Waals surface area contributed by atoms with Crippen molar-refractivity contribution in [2.24, 2.45) is 0 Å². The van der Waals surface area contributed by atoms with E-state index in [-0.39, 0.29) is 17.0 Å². The first-order valence-corrected chi connectivity index (χ1v) is 5.32. The number of anilines is 1. The van der Waals surface area contributed by atoms with E-state index in [1.807, 2.05) is 6.07 Å². The summed E-state index contributed by atoms with van der Waals surface area (Å²) in [5.74, 6) is -0.472. The number of benzene rings is 1. The van der Waals surface area contributed by atoms with Gasteiger partial charge in [-0.2, -0.15) is 10.5 Å². The van der Waals surface area contributed by atoms with Gasteiger partial charge in [0, 0.05) is 4.47 Å². The van der Waals surface area contributed by atoms with E-state index in [0.717, 1.165) is 0 Å². The standard InChI is InChI=1S/C10H5BrClN3O/c11-7-2-1-6(5-14)9(12)10(7)15-8(16)3-4-13/h1-2H,3H2,(H,15,16). The van der Waals surface area contributed by atoms with Crippen LogP contribution in [0.1, 0.15) is 12.0 Å². The van der Waals surface area contributed by atoms with E-state index >= 15 is 0 Å². The molecule has 0 spiro atoms. The number of nitrogens with one attached hydrogen (secondary N) is 1. The zero-order valence-corrected chi connectivity index (χ0v) is 10.3. The van der Waals surface area contributed by atoms with Crippen LogP contribution in [0, 0.1) is 22.7 Å². The summed E-state index contributed by atoms with van der Waals surface area (Å²) < 4.78 is 0.558. The zero-order valence-electron chi connectivity index (χ0n) is 7.92. The molecular formula is C10H5BrClN3O. The summed E-state index contributed by atoms with van der Waals surface area (Å²) >= 11 is 9.11. The second kappa shape index (κ2) is 5.50. The Morgan fingerprint density at radius 3 is 2.75 bits per heavy atom. The number of carbonyl (C=O) groups excluding carboxylic acids is 1. The second-order valence-electron chi connectivity index (χ2n) is 2.78. The van der Waals surface area contributed by atoms with Gasteiger partial charge in [-0.25, -0.2) is 0 Å². The Bertz CT molecular complexity index is 516.